The fourth-order valence-corrected chi connectivity index (χ4v) is 1.58. The standard InChI is InChI=1S/C7H11F2N.ClH/c8-7(9)3-6(10-4-7)5-1-2-5;/h5-6,10H,1-4H2;1H. The summed E-state index contributed by atoms with van der Waals surface area (Å²) in [5.41, 5.74) is 0. The second-order valence-corrected chi connectivity index (χ2v) is 3.38. The average Bonchev–Trinajstić information content (AvgIpc) is 2.59. The molecule has 0 aromatic rings. The molecular weight excluding hydrogens is 172 g/mol. The van der Waals surface area contributed by atoms with Crippen LogP contribution in [0.2, 0.25) is 0 Å². The van der Waals surface area contributed by atoms with E-state index >= 15 is 0 Å². The topological polar surface area (TPSA) is 12.0 Å². The van der Waals surface area contributed by atoms with Gasteiger partial charge >= 0.3 is 0 Å². The molecule has 66 valence electrons. The summed E-state index contributed by atoms with van der Waals surface area (Å²) in [6.07, 6.45) is 2.36. The molecule has 0 aromatic heterocycles. The Morgan fingerprint density at radius 1 is 1.27 bits per heavy atom. The van der Waals surface area contributed by atoms with Crippen LogP contribution >= 0.6 is 12.4 Å². The molecule has 1 nitrogen and oxygen atoms in total. The molecule has 1 aliphatic carbocycles. The van der Waals surface area contributed by atoms with Crippen LogP contribution in [0.15, 0.2) is 0 Å². The molecule has 0 aromatic carbocycles. The van der Waals surface area contributed by atoms with Crippen molar-refractivity contribution in [1.29, 1.82) is 0 Å². The average molecular weight is 184 g/mol. The fourth-order valence-electron chi connectivity index (χ4n) is 1.58. The van der Waals surface area contributed by atoms with E-state index in [0.29, 0.717) is 5.92 Å². The maximum absolute atomic E-state index is 12.5. The molecule has 1 heterocycles. The number of hydrogen-bond acceptors (Lipinski definition) is 1. The van der Waals surface area contributed by atoms with Crippen LogP contribution in [0.3, 0.4) is 0 Å². The monoisotopic (exact) mass is 183 g/mol. The third kappa shape index (κ3) is 2.03. The lowest BCUT2D eigenvalue weighted by Crippen LogP contribution is -2.23. The van der Waals surface area contributed by atoms with Gasteiger partial charge in [-0.05, 0) is 18.8 Å². The normalized spacial score (nSPS) is 34.9. The van der Waals surface area contributed by atoms with E-state index in [0.717, 1.165) is 12.8 Å². The van der Waals surface area contributed by atoms with Crippen LogP contribution in [-0.2, 0) is 0 Å². The first-order valence-electron chi connectivity index (χ1n) is 3.79. The molecule has 1 saturated heterocycles. The molecule has 2 fully saturated rings. The van der Waals surface area contributed by atoms with Crippen LogP contribution in [0.25, 0.3) is 0 Å². The van der Waals surface area contributed by atoms with E-state index in [1.54, 1.807) is 0 Å². The zero-order chi connectivity index (χ0) is 7.19. The van der Waals surface area contributed by atoms with Crippen molar-refractivity contribution >= 4 is 12.4 Å². The van der Waals surface area contributed by atoms with Crippen LogP contribution in [-0.4, -0.2) is 18.5 Å². The Labute approximate surface area is 71.0 Å². The minimum absolute atomic E-state index is 0. The number of hydrogen-bond donors (Lipinski definition) is 1. The fraction of sp³-hybridized carbons (Fsp3) is 1.00. The highest BCUT2D eigenvalue weighted by atomic mass is 35.5. The molecule has 0 radical (unpaired) electrons. The van der Waals surface area contributed by atoms with Gasteiger partial charge in [-0.2, -0.15) is 0 Å². The molecule has 0 amide bonds. The van der Waals surface area contributed by atoms with E-state index in [2.05, 4.69) is 5.32 Å². The summed E-state index contributed by atoms with van der Waals surface area (Å²) in [5, 5.41) is 2.86. The van der Waals surface area contributed by atoms with E-state index in [9.17, 15) is 8.78 Å². The molecule has 0 bridgehead atoms. The molecule has 2 rings (SSSR count). The zero-order valence-corrected chi connectivity index (χ0v) is 6.96. The van der Waals surface area contributed by atoms with Crippen molar-refractivity contribution in [2.45, 2.75) is 31.2 Å². The first-order valence-corrected chi connectivity index (χ1v) is 3.79. The molecule has 2 aliphatic rings. The van der Waals surface area contributed by atoms with E-state index in [4.69, 9.17) is 0 Å². The second kappa shape index (κ2) is 2.87. The van der Waals surface area contributed by atoms with Crippen molar-refractivity contribution in [3.05, 3.63) is 0 Å². The Balaban J connectivity index is 0.000000605. The van der Waals surface area contributed by atoms with E-state index < -0.39 is 5.92 Å². The SMILES string of the molecule is Cl.FC1(F)CNC(C2CC2)C1. The number of rotatable bonds is 1. The summed E-state index contributed by atoms with van der Waals surface area (Å²) in [6, 6.07) is 0.120. The molecule has 11 heavy (non-hydrogen) atoms. The third-order valence-electron chi connectivity index (χ3n) is 2.33. The van der Waals surface area contributed by atoms with Crippen LogP contribution in [0.5, 0.6) is 0 Å². The smallest absolute Gasteiger partial charge is 0.261 e. The number of alkyl halides is 2. The zero-order valence-electron chi connectivity index (χ0n) is 6.15. The number of halogens is 3. The maximum atomic E-state index is 12.5. The summed E-state index contributed by atoms with van der Waals surface area (Å²) >= 11 is 0. The van der Waals surface area contributed by atoms with Gasteiger partial charge in [-0.25, -0.2) is 8.78 Å². The van der Waals surface area contributed by atoms with Crippen LogP contribution in [0, 0.1) is 5.92 Å². The summed E-state index contributed by atoms with van der Waals surface area (Å²) in [6.45, 7) is -0.103. The van der Waals surface area contributed by atoms with Gasteiger partial charge < -0.3 is 5.32 Å². The Morgan fingerprint density at radius 2 is 1.91 bits per heavy atom. The Bertz CT molecular complexity index is 147. The maximum Gasteiger partial charge on any atom is 0.261 e. The van der Waals surface area contributed by atoms with E-state index in [1.807, 2.05) is 0 Å². The molecule has 0 spiro atoms. The lowest BCUT2D eigenvalue weighted by atomic mass is 10.1. The molecule has 4 heteroatoms. The van der Waals surface area contributed by atoms with Gasteiger partial charge in [0.15, 0.2) is 0 Å². The predicted molar refractivity (Wildman–Crippen MR) is 41.3 cm³/mol. The van der Waals surface area contributed by atoms with Crippen molar-refractivity contribution in [3.63, 3.8) is 0 Å². The Hall–Kier alpha value is 0.110. The van der Waals surface area contributed by atoms with Crippen LogP contribution in [0.1, 0.15) is 19.3 Å². The quantitative estimate of drug-likeness (QED) is 0.654. The van der Waals surface area contributed by atoms with E-state index in [-0.39, 0.29) is 31.4 Å². The van der Waals surface area contributed by atoms with Gasteiger partial charge in [-0.3, -0.25) is 0 Å². The summed E-state index contributed by atoms with van der Waals surface area (Å²) < 4.78 is 25.0. The van der Waals surface area contributed by atoms with Gasteiger partial charge in [0.05, 0.1) is 6.54 Å². The Morgan fingerprint density at radius 3 is 2.27 bits per heavy atom. The van der Waals surface area contributed by atoms with Crippen LogP contribution < -0.4 is 5.32 Å². The van der Waals surface area contributed by atoms with Gasteiger partial charge in [0.1, 0.15) is 0 Å². The number of nitrogens with one attached hydrogen (secondary N) is 1. The molecule has 1 unspecified atom stereocenters. The molecule has 1 saturated carbocycles. The highest BCUT2D eigenvalue weighted by Gasteiger charge is 2.45. The van der Waals surface area contributed by atoms with E-state index in [1.165, 1.54) is 0 Å². The Kier molecular flexibility index (Phi) is 2.40. The van der Waals surface area contributed by atoms with Crippen LogP contribution in [0.4, 0.5) is 8.78 Å². The van der Waals surface area contributed by atoms with Crippen molar-refractivity contribution in [1.82, 2.24) is 5.32 Å². The van der Waals surface area contributed by atoms with Crippen molar-refractivity contribution in [2.75, 3.05) is 6.54 Å². The predicted octanol–water partition coefficient (Wildman–Crippen LogP) is 1.82. The molecule has 1 N–H and O–H groups in total. The molecule has 1 atom stereocenters. The lowest BCUT2D eigenvalue weighted by molar-refractivity contribution is 0.0204. The minimum atomic E-state index is -2.42. The first-order chi connectivity index (χ1) is 4.67. The third-order valence-corrected chi connectivity index (χ3v) is 2.33. The van der Waals surface area contributed by atoms with Crippen molar-refractivity contribution in [3.8, 4) is 0 Å². The highest BCUT2D eigenvalue weighted by Crippen LogP contribution is 2.39. The summed E-state index contributed by atoms with van der Waals surface area (Å²) in [4.78, 5) is 0. The highest BCUT2D eigenvalue weighted by molar-refractivity contribution is 5.85. The first kappa shape index (κ1) is 9.20. The lowest BCUT2D eigenvalue weighted by Gasteiger charge is -2.06. The minimum Gasteiger partial charge on any atom is -0.308 e. The summed E-state index contributed by atoms with van der Waals surface area (Å²) in [5.74, 6) is -1.86. The van der Waals surface area contributed by atoms with Gasteiger partial charge in [-0.1, -0.05) is 0 Å². The second-order valence-electron chi connectivity index (χ2n) is 3.38. The summed E-state index contributed by atoms with van der Waals surface area (Å²) in [7, 11) is 0. The van der Waals surface area contributed by atoms with Crippen molar-refractivity contribution < 1.29 is 8.78 Å². The van der Waals surface area contributed by atoms with Gasteiger partial charge in [0.25, 0.3) is 5.92 Å². The van der Waals surface area contributed by atoms with Gasteiger partial charge in [-0.15, -0.1) is 12.4 Å². The molecule has 1 aliphatic heterocycles. The molecular formula is C7H12ClF2N. The van der Waals surface area contributed by atoms with Gasteiger partial charge in [0, 0.05) is 12.5 Å². The van der Waals surface area contributed by atoms with Gasteiger partial charge in [0.2, 0.25) is 0 Å². The largest absolute Gasteiger partial charge is 0.308 e. The van der Waals surface area contributed by atoms with Crippen molar-refractivity contribution in [2.24, 2.45) is 5.92 Å².